The Labute approximate surface area is 109 Å². The van der Waals surface area contributed by atoms with Gasteiger partial charge in [-0.1, -0.05) is 26.0 Å². The molecular weight excluding hydrogens is 224 g/mol. The smallest absolute Gasteiger partial charge is 0.228 e. The van der Waals surface area contributed by atoms with E-state index < -0.39 is 0 Å². The average molecular weight is 246 g/mol. The van der Waals surface area contributed by atoms with Crippen molar-refractivity contribution in [2.45, 2.75) is 32.7 Å². The van der Waals surface area contributed by atoms with Crippen LogP contribution < -0.4 is 10.2 Å². The molecule has 1 amide bonds. The van der Waals surface area contributed by atoms with Gasteiger partial charge in [-0.2, -0.15) is 0 Å². The average Bonchev–Trinajstić information content (AvgIpc) is 2.71. The first-order chi connectivity index (χ1) is 8.60. The number of nitrogens with zero attached hydrogens (tertiary/aromatic N) is 1. The summed E-state index contributed by atoms with van der Waals surface area (Å²) in [4.78, 5) is 13.8. The van der Waals surface area contributed by atoms with Crippen molar-refractivity contribution in [2.24, 2.45) is 5.92 Å². The van der Waals surface area contributed by atoms with Crippen molar-refractivity contribution in [1.82, 2.24) is 5.32 Å². The summed E-state index contributed by atoms with van der Waals surface area (Å²) in [6.45, 7) is 5.21. The van der Waals surface area contributed by atoms with Crippen molar-refractivity contribution >= 4 is 11.6 Å². The molecule has 3 nitrogen and oxygen atoms in total. The number of hydrogen-bond acceptors (Lipinski definition) is 2. The molecule has 1 aromatic rings. The fourth-order valence-electron chi connectivity index (χ4n) is 2.43. The molecule has 0 aromatic heterocycles. The molecule has 3 heteroatoms. The van der Waals surface area contributed by atoms with Crippen LogP contribution in [0.15, 0.2) is 24.3 Å². The topological polar surface area (TPSA) is 32.3 Å². The Hall–Kier alpha value is -1.35. The molecular formula is C15H22N2O. The summed E-state index contributed by atoms with van der Waals surface area (Å²) in [5, 5.41) is 3.17. The van der Waals surface area contributed by atoms with Gasteiger partial charge in [0, 0.05) is 24.7 Å². The van der Waals surface area contributed by atoms with E-state index in [1.807, 2.05) is 11.9 Å². The molecule has 1 N–H and O–H groups in total. The van der Waals surface area contributed by atoms with Crippen molar-refractivity contribution in [1.29, 1.82) is 0 Å². The Morgan fingerprint density at radius 3 is 2.50 bits per heavy atom. The van der Waals surface area contributed by atoms with Crippen molar-refractivity contribution < 1.29 is 4.79 Å². The van der Waals surface area contributed by atoms with Gasteiger partial charge in [0.05, 0.1) is 0 Å². The molecule has 1 aliphatic heterocycles. The second-order valence-electron chi connectivity index (χ2n) is 5.46. The van der Waals surface area contributed by atoms with E-state index >= 15 is 0 Å². The lowest BCUT2D eigenvalue weighted by Crippen LogP contribution is -2.30. The molecule has 1 aliphatic rings. The van der Waals surface area contributed by atoms with E-state index in [-0.39, 0.29) is 11.9 Å². The normalized spacial score (nSPS) is 19.9. The highest BCUT2D eigenvalue weighted by Gasteiger charge is 2.29. The molecule has 0 bridgehead atoms. The lowest BCUT2D eigenvalue weighted by molar-refractivity contribution is -0.117. The quantitative estimate of drug-likeness (QED) is 0.883. The molecule has 1 atom stereocenters. The van der Waals surface area contributed by atoms with Gasteiger partial charge < -0.3 is 10.2 Å². The summed E-state index contributed by atoms with van der Waals surface area (Å²) < 4.78 is 0. The summed E-state index contributed by atoms with van der Waals surface area (Å²) in [6, 6.07) is 8.68. The van der Waals surface area contributed by atoms with Crippen molar-refractivity contribution in [3.8, 4) is 0 Å². The van der Waals surface area contributed by atoms with Gasteiger partial charge in [-0.3, -0.25) is 4.79 Å². The number of hydrogen-bond donors (Lipinski definition) is 1. The van der Waals surface area contributed by atoms with E-state index in [1.165, 1.54) is 5.56 Å². The molecule has 18 heavy (non-hydrogen) atoms. The van der Waals surface area contributed by atoms with Gasteiger partial charge in [0.2, 0.25) is 5.91 Å². The zero-order chi connectivity index (χ0) is 13.1. The molecule has 1 saturated heterocycles. The van der Waals surface area contributed by atoms with Gasteiger partial charge in [0.25, 0.3) is 0 Å². The minimum Gasteiger partial charge on any atom is -0.315 e. The van der Waals surface area contributed by atoms with E-state index in [0.29, 0.717) is 12.3 Å². The van der Waals surface area contributed by atoms with E-state index in [2.05, 4.69) is 43.4 Å². The predicted molar refractivity (Wildman–Crippen MR) is 74.8 cm³/mol. The highest BCUT2D eigenvalue weighted by Crippen LogP contribution is 2.22. The first-order valence-electron chi connectivity index (χ1n) is 6.66. The van der Waals surface area contributed by atoms with Crippen molar-refractivity contribution in [2.75, 3.05) is 18.5 Å². The van der Waals surface area contributed by atoms with Crippen LogP contribution in [-0.4, -0.2) is 25.5 Å². The van der Waals surface area contributed by atoms with Gasteiger partial charge in [-0.15, -0.1) is 0 Å². The molecule has 1 heterocycles. The van der Waals surface area contributed by atoms with Gasteiger partial charge in [0.15, 0.2) is 0 Å². The van der Waals surface area contributed by atoms with Crippen molar-refractivity contribution in [3.63, 3.8) is 0 Å². The maximum atomic E-state index is 11.9. The number of likely N-dealkylation sites (N-methyl/N-ethyl adjacent to an activating group) is 1. The third-order valence-electron chi connectivity index (χ3n) is 3.43. The van der Waals surface area contributed by atoms with Gasteiger partial charge in [0.1, 0.15) is 0 Å². The third kappa shape index (κ3) is 2.91. The highest BCUT2D eigenvalue weighted by atomic mass is 16.2. The lowest BCUT2D eigenvalue weighted by atomic mass is 10.0. The monoisotopic (exact) mass is 246 g/mol. The van der Waals surface area contributed by atoms with E-state index in [9.17, 15) is 4.79 Å². The number of nitrogens with one attached hydrogen (secondary N) is 1. The third-order valence-corrected chi connectivity index (χ3v) is 3.43. The Kier molecular flexibility index (Phi) is 4.02. The Bertz CT molecular complexity index is 411. The minimum absolute atomic E-state index is 0.214. The van der Waals surface area contributed by atoms with E-state index in [1.54, 1.807) is 0 Å². The van der Waals surface area contributed by atoms with Crippen LogP contribution in [0.4, 0.5) is 5.69 Å². The van der Waals surface area contributed by atoms with E-state index in [0.717, 1.165) is 18.7 Å². The summed E-state index contributed by atoms with van der Waals surface area (Å²) in [5.41, 5.74) is 2.36. The fourth-order valence-corrected chi connectivity index (χ4v) is 2.43. The van der Waals surface area contributed by atoms with Crippen LogP contribution in [0.3, 0.4) is 0 Å². The minimum atomic E-state index is 0.214. The Balaban J connectivity index is 2.08. The van der Waals surface area contributed by atoms with Crippen molar-refractivity contribution in [3.05, 3.63) is 29.8 Å². The van der Waals surface area contributed by atoms with Crippen LogP contribution in [0.1, 0.15) is 25.8 Å². The molecule has 98 valence electrons. The van der Waals surface area contributed by atoms with Gasteiger partial charge >= 0.3 is 0 Å². The Morgan fingerprint density at radius 1 is 1.33 bits per heavy atom. The summed E-state index contributed by atoms with van der Waals surface area (Å²) in [5.74, 6) is 0.879. The lowest BCUT2D eigenvalue weighted by Gasteiger charge is -2.17. The molecule has 0 saturated carbocycles. The largest absolute Gasteiger partial charge is 0.315 e. The van der Waals surface area contributed by atoms with Gasteiger partial charge in [-0.05, 0) is 37.1 Å². The summed E-state index contributed by atoms with van der Waals surface area (Å²) >= 11 is 0. The molecule has 1 fully saturated rings. The molecule has 1 unspecified atom stereocenters. The number of anilines is 1. The van der Waals surface area contributed by atoms with Crippen LogP contribution in [0.25, 0.3) is 0 Å². The van der Waals surface area contributed by atoms with Crippen LogP contribution in [0.2, 0.25) is 0 Å². The maximum Gasteiger partial charge on any atom is 0.228 e. The molecule has 0 aliphatic carbocycles. The summed E-state index contributed by atoms with van der Waals surface area (Å²) in [6.07, 6.45) is 1.69. The molecule has 1 aromatic carbocycles. The number of rotatable bonds is 4. The first kappa shape index (κ1) is 13.1. The number of carbonyl (C=O) groups excluding carboxylic acids is 1. The van der Waals surface area contributed by atoms with E-state index in [4.69, 9.17) is 0 Å². The zero-order valence-electron chi connectivity index (χ0n) is 11.4. The molecule has 0 spiro atoms. The predicted octanol–water partition coefficient (Wildman–Crippen LogP) is 2.21. The SMILES string of the molecule is CNC1CC(=O)N(c2ccc(CC(C)C)cc2)C1. The maximum absolute atomic E-state index is 11.9. The second kappa shape index (κ2) is 5.53. The molecule has 2 rings (SSSR count). The Morgan fingerprint density at radius 2 is 2.00 bits per heavy atom. The van der Waals surface area contributed by atoms with Crippen LogP contribution >= 0.6 is 0 Å². The summed E-state index contributed by atoms with van der Waals surface area (Å²) in [7, 11) is 1.91. The number of amides is 1. The number of benzene rings is 1. The van der Waals surface area contributed by atoms with Crippen LogP contribution in [-0.2, 0) is 11.2 Å². The molecule has 0 radical (unpaired) electrons. The number of carbonyl (C=O) groups is 1. The van der Waals surface area contributed by atoms with Crippen LogP contribution in [0, 0.1) is 5.92 Å². The standard InChI is InChI=1S/C15H22N2O/c1-11(2)8-12-4-6-14(7-5-12)17-10-13(16-3)9-15(17)18/h4-7,11,13,16H,8-10H2,1-3H3. The second-order valence-corrected chi connectivity index (χ2v) is 5.46. The zero-order valence-corrected chi connectivity index (χ0v) is 11.4. The van der Waals surface area contributed by atoms with Gasteiger partial charge in [-0.25, -0.2) is 0 Å². The van der Waals surface area contributed by atoms with Crippen LogP contribution in [0.5, 0.6) is 0 Å². The highest BCUT2D eigenvalue weighted by molar-refractivity contribution is 5.96. The first-order valence-corrected chi connectivity index (χ1v) is 6.66. The fraction of sp³-hybridized carbons (Fsp3) is 0.533.